The van der Waals surface area contributed by atoms with Crippen molar-refractivity contribution in [3.63, 3.8) is 0 Å². The Morgan fingerprint density at radius 3 is 2.65 bits per heavy atom. The van der Waals surface area contributed by atoms with Gasteiger partial charge in [0.15, 0.2) is 0 Å². The highest BCUT2D eigenvalue weighted by atomic mass is 16.5. The van der Waals surface area contributed by atoms with E-state index in [4.69, 9.17) is 4.74 Å². The fourth-order valence-corrected chi connectivity index (χ4v) is 2.37. The average Bonchev–Trinajstić information content (AvgIpc) is 2.82. The number of methoxy groups -OCH3 is 1. The van der Waals surface area contributed by atoms with Gasteiger partial charge < -0.3 is 9.64 Å². The predicted molar refractivity (Wildman–Crippen MR) is 70.1 cm³/mol. The Labute approximate surface area is 116 Å². The van der Waals surface area contributed by atoms with Crippen LogP contribution < -0.4 is 5.56 Å². The summed E-state index contributed by atoms with van der Waals surface area (Å²) in [6, 6.07) is 2.71. The molecular formula is C13H17N3O4. The lowest BCUT2D eigenvalue weighted by atomic mass is 9.99. The van der Waals surface area contributed by atoms with Gasteiger partial charge in [0.05, 0.1) is 13.0 Å². The van der Waals surface area contributed by atoms with Crippen molar-refractivity contribution >= 4 is 11.9 Å². The first kappa shape index (κ1) is 14.2. The molecule has 2 atom stereocenters. The van der Waals surface area contributed by atoms with Gasteiger partial charge in [0.2, 0.25) is 0 Å². The van der Waals surface area contributed by atoms with E-state index in [9.17, 15) is 14.4 Å². The largest absolute Gasteiger partial charge is 0.469 e. The number of esters is 1. The smallest absolute Gasteiger partial charge is 0.310 e. The third-order valence-corrected chi connectivity index (χ3v) is 3.58. The van der Waals surface area contributed by atoms with Crippen molar-refractivity contribution in [3.05, 3.63) is 28.2 Å². The second-order valence-electron chi connectivity index (χ2n) is 5.00. The number of nitrogens with zero attached hydrogens (tertiary/aromatic N) is 3. The van der Waals surface area contributed by atoms with Crippen LogP contribution in [-0.4, -0.2) is 46.8 Å². The molecule has 0 radical (unpaired) electrons. The van der Waals surface area contributed by atoms with E-state index in [1.165, 1.54) is 26.3 Å². The molecule has 1 aliphatic rings. The molecule has 1 fully saturated rings. The highest BCUT2D eigenvalue weighted by molar-refractivity contribution is 5.92. The van der Waals surface area contributed by atoms with Crippen molar-refractivity contribution in [2.45, 2.75) is 6.92 Å². The topological polar surface area (TPSA) is 81.5 Å². The highest BCUT2D eigenvalue weighted by Gasteiger charge is 2.38. The van der Waals surface area contributed by atoms with Crippen LogP contribution in [0.2, 0.25) is 0 Å². The van der Waals surface area contributed by atoms with Crippen LogP contribution in [0.5, 0.6) is 0 Å². The van der Waals surface area contributed by atoms with Gasteiger partial charge in [-0.25, -0.2) is 4.68 Å². The maximum absolute atomic E-state index is 12.3. The molecular weight excluding hydrogens is 262 g/mol. The van der Waals surface area contributed by atoms with Gasteiger partial charge in [-0.2, -0.15) is 5.10 Å². The van der Waals surface area contributed by atoms with Crippen LogP contribution in [0, 0.1) is 11.8 Å². The molecule has 2 heterocycles. The number of rotatable bonds is 2. The molecule has 0 saturated carbocycles. The number of aryl methyl sites for hydroxylation is 1. The maximum atomic E-state index is 12.3. The first-order valence-corrected chi connectivity index (χ1v) is 6.35. The summed E-state index contributed by atoms with van der Waals surface area (Å²) >= 11 is 0. The monoisotopic (exact) mass is 279 g/mol. The lowest BCUT2D eigenvalue weighted by Crippen LogP contribution is -2.32. The van der Waals surface area contributed by atoms with Crippen molar-refractivity contribution in [1.29, 1.82) is 0 Å². The predicted octanol–water partition coefficient (Wildman–Crippen LogP) is -0.339. The number of carbonyl (C=O) groups excluding carboxylic acids is 2. The molecule has 1 aromatic heterocycles. The minimum atomic E-state index is -0.309. The number of likely N-dealkylation sites (tertiary alicyclic amines) is 1. The van der Waals surface area contributed by atoms with Crippen LogP contribution in [0.15, 0.2) is 16.9 Å². The van der Waals surface area contributed by atoms with Crippen molar-refractivity contribution < 1.29 is 14.3 Å². The average molecular weight is 279 g/mol. The Bertz CT molecular complexity index is 596. The second-order valence-corrected chi connectivity index (χ2v) is 5.00. The normalized spacial score (nSPS) is 21.9. The molecule has 108 valence electrons. The molecule has 1 amide bonds. The Kier molecular flexibility index (Phi) is 3.87. The fraction of sp³-hybridized carbons (Fsp3) is 0.538. The Morgan fingerprint density at radius 2 is 2.05 bits per heavy atom. The molecule has 0 bridgehead atoms. The summed E-state index contributed by atoms with van der Waals surface area (Å²) in [5.41, 5.74) is -0.0754. The molecule has 1 aromatic rings. The van der Waals surface area contributed by atoms with Crippen LogP contribution in [0.4, 0.5) is 0 Å². The van der Waals surface area contributed by atoms with Crippen LogP contribution in [0.3, 0.4) is 0 Å². The summed E-state index contributed by atoms with van der Waals surface area (Å²) in [6.45, 7) is 2.70. The quantitative estimate of drug-likeness (QED) is 0.692. The maximum Gasteiger partial charge on any atom is 0.310 e. The van der Waals surface area contributed by atoms with Crippen molar-refractivity contribution in [2.24, 2.45) is 18.9 Å². The van der Waals surface area contributed by atoms with Gasteiger partial charge in [-0.15, -0.1) is 0 Å². The fourth-order valence-electron chi connectivity index (χ4n) is 2.37. The van der Waals surface area contributed by atoms with E-state index in [0.29, 0.717) is 13.1 Å². The van der Waals surface area contributed by atoms with Gasteiger partial charge in [0.25, 0.3) is 11.5 Å². The van der Waals surface area contributed by atoms with Gasteiger partial charge >= 0.3 is 5.97 Å². The molecule has 0 aliphatic carbocycles. The van der Waals surface area contributed by atoms with E-state index < -0.39 is 0 Å². The first-order chi connectivity index (χ1) is 9.43. The SMILES string of the molecule is COC(=O)C1CN(C(=O)c2ccc(=O)n(C)n2)CC1C. The summed E-state index contributed by atoms with van der Waals surface area (Å²) in [7, 11) is 2.83. The van der Waals surface area contributed by atoms with Crippen molar-refractivity contribution in [2.75, 3.05) is 20.2 Å². The van der Waals surface area contributed by atoms with E-state index in [-0.39, 0.29) is 35.0 Å². The van der Waals surface area contributed by atoms with E-state index in [0.717, 1.165) is 4.68 Å². The van der Waals surface area contributed by atoms with Crippen LogP contribution in [-0.2, 0) is 16.6 Å². The third-order valence-electron chi connectivity index (χ3n) is 3.58. The molecule has 20 heavy (non-hydrogen) atoms. The molecule has 0 spiro atoms. The molecule has 1 aliphatic heterocycles. The molecule has 2 unspecified atom stereocenters. The molecule has 7 heteroatoms. The van der Waals surface area contributed by atoms with Gasteiger partial charge in [-0.1, -0.05) is 6.92 Å². The molecule has 0 N–H and O–H groups in total. The summed E-state index contributed by atoms with van der Waals surface area (Å²) in [5, 5.41) is 3.93. The summed E-state index contributed by atoms with van der Waals surface area (Å²) in [5.74, 6) is -0.851. The summed E-state index contributed by atoms with van der Waals surface area (Å²) in [6.07, 6.45) is 0. The molecule has 0 aromatic carbocycles. The summed E-state index contributed by atoms with van der Waals surface area (Å²) < 4.78 is 5.85. The number of carbonyl (C=O) groups is 2. The number of amides is 1. The number of hydrogen-bond acceptors (Lipinski definition) is 5. The molecule has 7 nitrogen and oxygen atoms in total. The van der Waals surface area contributed by atoms with Crippen molar-refractivity contribution in [3.8, 4) is 0 Å². The number of hydrogen-bond donors (Lipinski definition) is 0. The summed E-state index contributed by atoms with van der Waals surface area (Å²) in [4.78, 5) is 36.7. The lowest BCUT2D eigenvalue weighted by Gasteiger charge is -2.15. The van der Waals surface area contributed by atoms with Crippen LogP contribution in [0.1, 0.15) is 17.4 Å². The Hall–Kier alpha value is -2.18. The number of ether oxygens (including phenoxy) is 1. The minimum Gasteiger partial charge on any atom is -0.469 e. The van der Waals surface area contributed by atoms with Crippen LogP contribution >= 0.6 is 0 Å². The van der Waals surface area contributed by atoms with Crippen LogP contribution in [0.25, 0.3) is 0 Å². The lowest BCUT2D eigenvalue weighted by molar-refractivity contribution is -0.146. The van der Waals surface area contributed by atoms with E-state index in [2.05, 4.69) is 5.10 Å². The van der Waals surface area contributed by atoms with Crippen molar-refractivity contribution in [1.82, 2.24) is 14.7 Å². The third kappa shape index (κ3) is 2.56. The van der Waals surface area contributed by atoms with E-state index >= 15 is 0 Å². The zero-order valence-electron chi connectivity index (χ0n) is 11.7. The Morgan fingerprint density at radius 1 is 1.35 bits per heavy atom. The Balaban J connectivity index is 2.16. The first-order valence-electron chi connectivity index (χ1n) is 6.35. The van der Waals surface area contributed by atoms with Gasteiger partial charge in [-0.3, -0.25) is 14.4 Å². The minimum absolute atomic E-state index is 0.0407. The second kappa shape index (κ2) is 5.44. The van der Waals surface area contributed by atoms with E-state index in [1.807, 2.05) is 6.92 Å². The molecule has 2 rings (SSSR count). The van der Waals surface area contributed by atoms with E-state index in [1.54, 1.807) is 4.90 Å². The van der Waals surface area contributed by atoms with Gasteiger partial charge in [0, 0.05) is 26.2 Å². The number of aromatic nitrogens is 2. The molecule has 1 saturated heterocycles. The zero-order valence-corrected chi connectivity index (χ0v) is 11.7. The van der Waals surface area contributed by atoms with Gasteiger partial charge in [-0.05, 0) is 12.0 Å². The standard InChI is InChI=1S/C13H17N3O4/c1-8-6-16(7-9(8)13(19)20-3)12(18)10-4-5-11(17)15(2)14-10/h4-5,8-9H,6-7H2,1-3H3. The zero-order chi connectivity index (χ0) is 14.9. The van der Waals surface area contributed by atoms with Gasteiger partial charge in [0.1, 0.15) is 5.69 Å². The highest BCUT2D eigenvalue weighted by Crippen LogP contribution is 2.25.